The highest BCUT2D eigenvalue weighted by atomic mass is 16.6. The third-order valence-corrected chi connectivity index (χ3v) is 3.01. The molecule has 0 aliphatic heterocycles. The maximum Gasteiger partial charge on any atom is 0.0785 e. The predicted octanol–water partition coefficient (Wildman–Crippen LogP) is 3.05. The quantitative estimate of drug-likeness (QED) is 0.629. The molecule has 4 nitrogen and oxygen atoms in total. The van der Waals surface area contributed by atoms with Gasteiger partial charge in [-0.05, 0) is 26.3 Å². The van der Waals surface area contributed by atoms with Gasteiger partial charge in [0.1, 0.15) is 0 Å². The van der Waals surface area contributed by atoms with Crippen LogP contribution in [0.5, 0.6) is 0 Å². The zero-order chi connectivity index (χ0) is 15.5. The van der Waals surface area contributed by atoms with Crippen molar-refractivity contribution in [3.63, 3.8) is 0 Å². The van der Waals surface area contributed by atoms with Crippen molar-refractivity contribution in [1.29, 1.82) is 0 Å². The van der Waals surface area contributed by atoms with Gasteiger partial charge in [0.05, 0.1) is 44.7 Å². The van der Waals surface area contributed by atoms with E-state index in [0.717, 1.165) is 0 Å². The van der Waals surface area contributed by atoms with Gasteiger partial charge in [0.25, 0.3) is 0 Å². The van der Waals surface area contributed by atoms with Crippen molar-refractivity contribution in [3.8, 4) is 0 Å². The van der Waals surface area contributed by atoms with Crippen LogP contribution in [0.2, 0.25) is 0 Å². The van der Waals surface area contributed by atoms with Crippen LogP contribution in [0.3, 0.4) is 0 Å². The summed E-state index contributed by atoms with van der Waals surface area (Å²) in [6.45, 7) is 8.35. The molecule has 1 aromatic carbocycles. The second kappa shape index (κ2) is 10.7. The maximum absolute atomic E-state index is 5.76. The lowest BCUT2D eigenvalue weighted by Crippen LogP contribution is -2.26. The average Bonchev–Trinajstić information content (AvgIpc) is 2.50. The zero-order valence-corrected chi connectivity index (χ0v) is 13.6. The Morgan fingerprint density at radius 1 is 0.762 bits per heavy atom. The van der Waals surface area contributed by atoms with E-state index in [4.69, 9.17) is 18.9 Å². The number of methoxy groups -OCH3 is 1. The van der Waals surface area contributed by atoms with Gasteiger partial charge in [-0.25, -0.2) is 0 Å². The van der Waals surface area contributed by atoms with Gasteiger partial charge >= 0.3 is 0 Å². The van der Waals surface area contributed by atoms with E-state index in [2.05, 4.69) is 12.1 Å². The van der Waals surface area contributed by atoms with Gasteiger partial charge in [-0.15, -0.1) is 0 Å². The Balaban J connectivity index is 2.10. The lowest BCUT2D eigenvalue weighted by molar-refractivity contribution is -0.0794. The van der Waals surface area contributed by atoms with Crippen LogP contribution in [0.25, 0.3) is 0 Å². The Bertz CT molecular complexity index is 355. The first-order chi connectivity index (χ1) is 10.1. The summed E-state index contributed by atoms with van der Waals surface area (Å²) in [6, 6.07) is 10.1. The molecule has 3 unspecified atom stereocenters. The minimum atomic E-state index is 0.0482. The summed E-state index contributed by atoms with van der Waals surface area (Å²) in [5.74, 6) is 0. The van der Waals surface area contributed by atoms with Crippen LogP contribution in [-0.2, 0) is 25.6 Å². The minimum absolute atomic E-state index is 0.0482. The summed E-state index contributed by atoms with van der Waals surface area (Å²) in [5, 5.41) is 0. The fourth-order valence-electron chi connectivity index (χ4n) is 1.79. The maximum atomic E-state index is 5.76. The second-order valence-electron chi connectivity index (χ2n) is 5.35. The number of hydrogen-bond donors (Lipinski definition) is 0. The Kier molecular flexibility index (Phi) is 9.26. The molecule has 0 saturated carbocycles. The number of ether oxygens (including phenoxy) is 4. The van der Waals surface area contributed by atoms with Crippen molar-refractivity contribution in [2.75, 3.05) is 26.9 Å². The Labute approximate surface area is 128 Å². The molecule has 1 rings (SSSR count). The summed E-state index contributed by atoms with van der Waals surface area (Å²) in [4.78, 5) is 0. The number of rotatable bonds is 11. The van der Waals surface area contributed by atoms with Crippen molar-refractivity contribution in [2.24, 2.45) is 0 Å². The van der Waals surface area contributed by atoms with Crippen molar-refractivity contribution in [1.82, 2.24) is 0 Å². The first-order valence-electron chi connectivity index (χ1n) is 7.49. The lowest BCUT2D eigenvalue weighted by atomic mass is 10.2. The minimum Gasteiger partial charge on any atom is -0.382 e. The topological polar surface area (TPSA) is 36.9 Å². The third-order valence-electron chi connectivity index (χ3n) is 3.01. The first kappa shape index (κ1) is 18.1. The molecule has 0 radical (unpaired) electrons. The molecule has 0 aromatic heterocycles. The monoisotopic (exact) mass is 296 g/mol. The van der Waals surface area contributed by atoms with Gasteiger partial charge < -0.3 is 18.9 Å². The Morgan fingerprint density at radius 2 is 1.29 bits per heavy atom. The highest BCUT2D eigenvalue weighted by Gasteiger charge is 2.09. The zero-order valence-electron chi connectivity index (χ0n) is 13.6. The van der Waals surface area contributed by atoms with Crippen LogP contribution in [0, 0.1) is 0 Å². The molecule has 0 saturated heterocycles. The Hall–Kier alpha value is -0.940. The van der Waals surface area contributed by atoms with Gasteiger partial charge in [0.15, 0.2) is 0 Å². The van der Waals surface area contributed by atoms with Gasteiger partial charge in [-0.1, -0.05) is 30.3 Å². The van der Waals surface area contributed by atoms with E-state index in [1.165, 1.54) is 5.56 Å². The molecule has 21 heavy (non-hydrogen) atoms. The molecule has 4 heteroatoms. The first-order valence-corrected chi connectivity index (χ1v) is 7.49. The van der Waals surface area contributed by atoms with Gasteiger partial charge in [-0.3, -0.25) is 0 Å². The summed E-state index contributed by atoms with van der Waals surface area (Å²) < 4.78 is 22.1. The SMILES string of the molecule is COCC(C)OCC(C)OCC(C)OCc1ccccc1. The predicted molar refractivity (Wildman–Crippen MR) is 83.4 cm³/mol. The molecule has 0 N–H and O–H groups in total. The molecule has 0 aliphatic carbocycles. The average molecular weight is 296 g/mol. The molecule has 0 amide bonds. The highest BCUT2D eigenvalue weighted by Crippen LogP contribution is 2.05. The van der Waals surface area contributed by atoms with Crippen LogP contribution in [-0.4, -0.2) is 45.2 Å². The summed E-state index contributed by atoms with van der Waals surface area (Å²) in [7, 11) is 1.67. The fraction of sp³-hybridized carbons (Fsp3) is 0.647. The molecular formula is C17H28O4. The molecular weight excluding hydrogens is 268 g/mol. The van der Waals surface area contributed by atoms with E-state index in [1.807, 2.05) is 39.0 Å². The Morgan fingerprint density at radius 3 is 1.86 bits per heavy atom. The number of benzene rings is 1. The lowest BCUT2D eigenvalue weighted by Gasteiger charge is -2.19. The van der Waals surface area contributed by atoms with Gasteiger partial charge in [0, 0.05) is 7.11 Å². The third kappa shape index (κ3) is 8.83. The molecule has 1 aromatic rings. The van der Waals surface area contributed by atoms with Crippen LogP contribution < -0.4 is 0 Å². The van der Waals surface area contributed by atoms with E-state index in [9.17, 15) is 0 Å². The van der Waals surface area contributed by atoms with Gasteiger partial charge in [-0.2, -0.15) is 0 Å². The summed E-state index contributed by atoms with van der Waals surface area (Å²) in [5.41, 5.74) is 1.18. The van der Waals surface area contributed by atoms with E-state index < -0.39 is 0 Å². The molecule has 120 valence electrons. The molecule has 0 spiro atoms. The molecule has 0 fully saturated rings. The van der Waals surface area contributed by atoms with Crippen LogP contribution in [0.15, 0.2) is 30.3 Å². The van der Waals surface area contributed by atoms with E-state index in [0.29, 0.717) is 26.4 Å². The van der Waals surface area contributed by atoms with Crippen molar-refractivity contribution >= 4 is 0 Å². The fourth-order valence-corrected chi connectivity index (χ4v) is 1.79. The van der Waals surface area contributed by atoms with Crippen molar-refractivity contribution in [2.45, 2.75) is 45.7 Å². The van der Waals surface area contributed by atoms with Crippen molar-refractivity contribution < 1.29 is 18.9 Å². The smallest absolute Gasteiger partial charge is 0.0785 e. The molecule has 3 atom stereocenters. The highest BCUT2D eigenvalue weighted by molar-refractivity contribution is 5.13. The summed E-state index contributed by atoms with van der Waals surface area (Å²) >= 11 is 0. The van der Waals surface area contributed by atoms with E-state index >= 15 is 0 Å². The van der Waals surface area contributed by atoms with E-state index in [-0.39, 0.29) is 18.3 Å². The summed E-state index contributed by atoms with van der Waals surface area (Å²) in [6.07, 6.45) is 0.198. The molecule has 0 bridgehead atoms. The normalized spacial score (nSPS) is 15.6. The van der Waals surface area contributed by atoms with Crippen LogP contribution in [0.4, 0.5) is 0 Å². The van der Waals surface area contributed by atoms with E-state index in [1.54, 1.807) is 7.11 Å². The van der Waals surface area contributed by atoms with Crippen LogP contribution in [0.1, 0.15) is 26.3 Å². The molecule has 0 heterocycles. The second-order valence-corrected chi connectivity index (χ2v) is 5.35. The van der Waals surface area contributed by atoms with Crippen molar-refractivity contribution in [3.05, 3.63) is 35.9 Å². The van der Waals surface area contributed by atoms with Gasteiger partial charge in [0.2, 0.25) is 0 Å². The standard InChI is InChI=1S/C17H28O4/c1-14(10-18-4)19-11-15(2)20-12-16(3)21-13-17-8-6-5-7-9-17/h5-9,14-16H,10-13H2,1-4H3. The largest absolute Gasteiger partial charge is 0.382 e. The molecule has 0 aliphatic rings. The van der Waals surface area contributed by atoms with Crippen LogP contribution >= 0.6 is 0 Å². The number of hydrogen-bond acceptors (Lipinski definition) is 4.